The lowest BCUT2D eigenvalue weighted by molar-refractivity contribution is -0.384. The number of para-hydroxylation sites is 1. The summed E-state index contributed by atoms with van der Waals surface area (Å²) in [6, 6.07) is 19.8. The number of carbonyl (C=O) groups excluding carboxylic acids is 2. The maximum absolute atomic E-state index is 13.1. The van der Waals surface area contributed by atoms with E-state index in [1.165, 1.54) is 30.2 Å². The number of nitro groups is 1. The molecule has 0 aliphatic carbocycles. The highest BCUT2D eigenvalue weighted by molar-refractivity contribution is 7.80. The number of methoxy groups -OCH3 is 1. The molecule has 9 nitrogen and oxygen atoms in total. The van der Waals surface area contributed by atoms with Gasteiger partial charge < -0.3 is 9.47 Å². The fourth-order valence-electron chi connectivity index (χ4n) is 3.45. The molecule has 3 aromatic carbocycles. The number of nitro benzene ring substituents is 1. The molecule has 1 fully saturated rings. The summed E-state index contributed by atoms with van der Waals surface area (Å²) >= 11 is 5.20. The Balaban J connectivity index is 1.57. The lowest BCUT2D eigenvalue weighted by atomic mass is 10.1. The molecule has 1 aliphatic heterocycles. The van der Waals surface area contributed by atoms with Crippen molar-refractivity contribution in [1.82, 2.24) is 5.32 Å². The Morgan fingerprint density at radius 3 is 2.51 bits per heavy atom. The minimum Gasteiger partial charge on any atom is -0.493 e. The Labute approximate surface area is 205 Å². The zero-order valence-corrected chi connectivity index (χ0v) is 19.3. The van der Waals surface area contributed by atoms with Gasteiger partial charge in [-0.25, -0.2) is 0 Å². The molecule has 1 aliphatic rings. The normalized spacial score (nSPS) is 14.6. The van der Waals surface area contributed by atoms with Crippen LogP contribution in [0.5, 0.6) is 11.5 Å². The van der Waals surface area contributed by atoms with E-state index in [0.29, 0.717) is 28.3 Å². The van der Waals surface area contributed by atoms with Gasteiger partial charge in [-0.1, -0.05) is 36.4 Å². The van der Waals surface area contributed by atoms with E-state index in [1.807, 2.05) is 6.07 Å². The Bertz CT molecular complexity index is 1360. The molecule has 0 saturated carbocycles. The van der Waals surface area contributed by atoms with E-state index in [-0.39, 0.29) is 23.0 Å². The lowest BCUT2D eigenvalue weighted by Crippen LogP contribution is -2.54. The van der Waals surface area contributed by atoms with E-state index in [0.717, 1.165) is 0 Å². The molecule has 35 heavy (non-hydrogen) atoms. The number of rotatable bonds is 7. The van der Waals surface area contributed by atoms with Gasteiger partial charge in [-0.05, 0) is 53.7 Å². The van der Waals surface area contributed by atoms with Crippen molar-refractivity contribution in [3.63, 3.8) is 0 Å². The van der Waals surface area contributed by atoms with Gasteiger partial charge >= 0.3 is 0 Å². The van der Waals surface area contributed by atoms with Gasteiger partial charge in [0.15, 0.2) is 16.6 Å². The monoisotopic (exact) mass is 489 g/mol. The van der Waals surface area contributed by atoms with Crippen molar-refractivity contribution in [3.05, 3.63) is 99.6 Å². The molecular formula is C25H19N3O6S. The highest BCUT2D eigenvalue weighted by atomic mass is 32.1. The van der Waals surface area contributed by atoms with Crippen LogP contribution in [0.3, 0.4) is 0 Å². The summed E-state index contributed by atoms with van der Waals surface area (Å²) in [6.07, 6.45) is 1.45. The molecule has 0 radical (unpaired) electrons. The molecule has 2 amide bonds. The molecule has 3 aromatic rings. The van der Waals surface area contributed by atoms with Gasteiger partial charge in [0.05, 0.1) is 17.7 Å². The van der Waals surface area contributed by atoms with Crippen LogP contribution in [0, 0.1) is 10.1 Å². The zero-order chi connectivity index (χ0) is 24.9. The number of thiocarbonyl (C=S) groups is 1. The summed E-state index contributed by atoms with van der Waals surface area (Å²) in [5.41, 5.74) is 1.57. The van der Waals surface area contributed by atoms with Crippen molar-refractivity contribution in [1.29, 1.82) is 0 Å². The minimum absolute atomic E-state index is 0.00540. The van der Waals surface area contributed by atoms with Crippen molar-refractivity contribution < 1.29 is 24.0 Å². The van der Waals surface area contributed by atoms with E-state index in [4.69, 9.17) is 21.7 Å². The first kappa shape index (κ1) is 23.6. The summed E-state index contributed by atoms with van der Waals surface area (Å²) in [4.78, 5) is 37.4. The lowest BCUT2D eigenvalue weighted by Gasteiger charge is -2.28. The van der Waals surface area contributed by atoms with Crippen LogP contribution < -0.4 is 19.7 Å². The van der Waals surface area contributed by atoms with Crippen LogP contribution in [-0.2, 0) is 16.2 Å². The molecule has 0 atom stereocenters. The number of ether oxygens (including phenoxy) is 2. The number of hydrogen-bond acceptors (Lipinski definition) is 7. The fourth-order valence-corrected chi connectivity index (χ4v) is 3.73. The van der Waals surface area contributed by atoms with Gasteiger partial charge in [0, 0.05) is 12.1 Å². The zero-order valence-electron chi connectivity index (χ0n) is 18.5. The third-order valence-electron chi connectivity index (χ3n) is 5.13. The quantitative estimate of drug-likeness (QED) is 0.175. The van der Waals surface area contributed by atoms with Gasteiger partial charge in [0.1, 0.15) is 12.2 Å². The number of amides is 2. The molecule has 1 heterocycles. The van der Waals surface area contributed by atoms with Crippen LogP contribution >= 0.6 is 12.2 Å². The predicted octanol–water partition coefficient (Wildman–Crippen LogP) is 4.01. The van der Waals surface area contributed by atoms with Crippen LogP contribution in [0.4, 0.5) is 11.4 Å². The van der Waals surface area contributed by atoms with Crippen molar-refractivity contribution >= 4 is 46.6 Å². The van der Waals surface area contributed by atoms with Crippen molar-refractivity contribution in [2.24, 2.45) is 0 Å². The average Bonchev–Trinajstić information content (AvgIpc) is 2.86. The number of non-ortho nitro benzene ring substituents is 1. The van der Waals surface area contributed by atoms with Crippen LogP contribution in [0.1, 0.15) is 11.1 Å². The topological polar surface area (TPSA) is 111 Å². The SMILES string of the molecule is COc1cc(/C=C2/C(=O)NC(=S)N(c3ccccc3)C2=O)ccc1OCc1cccc([N+](=O)[O-])c1. The molecule has 1 N–H and O–H groups in total. The Hall–Kier alpha value is -4.57. The third-order valence-corrected chi connectivity index (χ3v) is 5.42. The number of benzene rings is 3. The summed E-state index contributed by atoms with van der Waals surface area (Å²) in [7, 11) is 1.46. The second kappa shape index (κ2) is 10.1. The fraction of sp³-hybridized carbons (Fsp3) is 0.0800. The predicted molar refractivity (Wildman–Crippen MR) is 133 cm³/mol. The van der Waals surface area contributed by atoms with Crippen LogP contribution in [0.25, 0.3) is 6.08 Å². The van der Waals surface area contributed by atoms with Crippen molar-refractivity contribution in [3.8, 4) is 11.5 Å². The number of carbonyl (C=O) groups is 2. The largest absolute Gasteiger partial charge is 0.493 e. The molecule has 0 spiro atoms. The summed E-state index contributed by atoms with van der Waals surface area (Å²) in [5, 5.41) is 13.5. The van der Waals surface area contributed by atoms with Gasteiger partial charge in [0.2, 0.25) is 0 Å². The third kappa shape index (κ3) is 5.17. The number of nitrogens with one attached hydrogen (secondary N) is 1. The Kier molecular flexibility index (Phi) is 6.83. The van der Waals surface area contributed by atoms with E-state index in [9.17, 15) is 19.7 Å². The molecule has 0 aromatic heterocycles. The molecule has 1 saturated heterocycles. The van der Waals surface area contributed by atoms with Crippen molar-refractivity contribution in [2.75, 3.05) is 12.0 Å². The standard InChI is InChI=1S/C25H19N3O6S/c1-33-22-14-16(10-11-21(22)34-15-17-6-5-9-19(12-17)28(31)32)13-20-23(29)26-25(35)27(24(20)30)18-7-3-2-4-8-18/h2-14H,15H2,1H3,(H,26,29,35)/b20-13-. The highest BCUT2D eigenvalue weighted by Gasteiger charge is 2.34. The van der Waals surface area contributed by atoms with Gasteiger partial charge in [-0.3, -0.25) is 29.9 Å². The molecule has 0 bridgehead atoms. The van der Waals surface area contributed by atoms with E-state index in [2.05, 4.69) is 5.32 Å². The molecule has 176 valence electrons. The van der Waals surface area contributed by atoms with Gasteiger partial charge in [-0.15, -0.1) is 0 Å². The van der Waals surface area contributed by atoms with Crippen LogP contribution in [0.15, 0.2) is 78.4 Å². The molecule has 10 heteroatoms. The van der Waals surface area contributed by atoms with Gasteiger partial charge in [0.25, 0.3) is 17.5 Å². The van der Waals surface area contributed by atoms with E-state index < -0.39 is 16.7 Å². The smallest absolute Gasteiger partial charge is 0.270 e. The maximum atomic E-state index is 13.1. The first-order valence-corrected chi connectivity index (χ1v) is 10.8. The summed E-state index contributed by atoms with van der Waals surface area (Å²) in [5.74, 6) is -0.386. The second-order valence-electron chi connectivity index (χ2n) is 7.42. The average molecular weight is 490 g/mol. The minimum atomic E-state index is -0.600. The Morgan fingerprint density at radius 1 is 1.03 bits per heavy atom. The number of anilines is 1. The summed E-state index contributed by atoms with van der Waals surface area (Å²) < 4.78 is 11.2. The maximum Gasteiger partial charge on any atom is 0.270 e. The molecule has 4 rings (SSSR count). The Morgan fingerprint density at radius 2 is 1.80 bits per heavy atom. The molecular weight excluding hydrogens is 470 g/mol. The van der Waals surface area contributed by atoms with Crippen molar-refractivity contribution in [2.45, 2.75) is 6.61 Å². The van der Waals surface area contributed by atoms with Gasteiger partial charge in [-0.2, -0.15) is 0 Å². The number of hydrogen-bond donors (Lipinski definition) is 1. The van der Waals surface area contributed by atoms with Crippen LogP contribution in [0.2, 0.25) is 0 Å². The first-order chi connectivity index (χ1) is 16.9. The van der Waals surface area contributed by atoms with Crippen LogP contribution in [-0.4, -0.2) is 29.0 Å². The van der Waals surface area contributed by atoms with E-state index >= 15 is 0 Å². The summed E-state index contributed by atoms with van der Waals surface area (Å²) in [6.45, 7) is 0.0862. The highest BCUT2D eigenvalue weighted by Crippen LogP contribution is 2.31. The first-order valence-electron chi connectivity index (χ1n) is 10.4. The van der Waals surface area contributed by atoms with E-state index in [1.54, 1.807) is 54.6 Å². The molecule has 0 unspecified atom stereocenters. The second-order valence-corrected chi connectivity index (χ2v) is 7.81. The number of nitrogens with zero attached hydrogens (tertiary/aromatic N) is 2.